The van der Waals surface area contributed by atoms with E-state index in [0.717, 1.165) is 12.2 Å². The van der Waals surface area contributed by atoms with Gasteiger partial charge in [0.2, 0.25) is 6.29 Å². The molecule has 1 heterocycles. The fraction of sp³-hybridized carbons (Fsp3) is 0.667. The first kappa shape index (κ1) is 20.7. The van der Waals surface area contributed by atoms with Crippen molar-refractivity contribution >= 4 is 22.6 Å². The van der Waals surface area contributed by atoms with Crippen LogP contribution in [0, 0.1) is 0 Å². The lowest BCUT2D eigenvalue weighted by Crippen LogP contribution is -2.59. The molecule has 0 spiro atoms. The van der Waals surface area contributed by atoms with Crippen molar-refractivity contribution in [1.29, 1.82) is 0 Å². The molecule has 0 aliphatic carbocycles. The first-order valence-electron chi connectivity index (χ1n) is 8.72. The molecule has 0 unspecified atom stereocenters. The SMILES string of the molecule is CCCCCCOc1ccc(O[C@@H]2O[C@@H](CI)[C@@H](O)[C@@H](O)[C@@H]2O)cc1. The number of hydrogen-bond donors (Lipinski definition) is 3. The molecule has 0 bridgehead atoms. The molecule has 0 aromatic heterocycles. The van der Waals surface area contributed by atoms with Gasteiger partial charge in [-0.2, -0.15) is 0 Å². The molecule has 1 aliphatic heterocycles. The summed E-state index contributed by atoms with van der Waals surface area (Å²) in [5.74, 6) is 1.26. The molecular formula is C18H27IO6. The second kappa shape index (κ2) is 10.5. The molecule has 0 saturated carbocycles. The highest BCUT2D eigenvalue weighted by atomic mass is 127. The van der Waals surface area contributed by atoms with E-state index in [2.05, 4.69) is 29.5 Å². The average Bonchev–Trinajstić information content (AvgIpc) is 2.63. The standard InChI is InChI=1S/C18H27IO6/c1-2-3-4-5-10-23-12-6-8-13(9-7-12)24-18-17(22)16(21)15(20)14(11-19)25-18/h6-9,14-18,20-22H,2-5,10-11H2,1H3/t14-,15+,16+,17-,18+/m0/s1. The average molecular weight is 466 g/mol. The Morgan fingerprint density at radius 2 is 1.64 bits per heavy atom. The lowest BCUT2D eigenvalue weighted by molar-refractivity contribution is -0.266. The van der Waals surface area contributed by atoms with Crippen LogP contribution in [0.15, 0.2) is 24.3 Å². The maximum Gasteiger partial charge on any atom is 0.229 e. The van der Waals surface area contributed by atoms with Gasteiger partial charge in [0.05, 0.1) is 12.7 Å². The molecule has 142 valence electrons. The first-order chi connectivity index (χ1) is 12.1. The predicted octanol–water partition coefficient (Wildman–Crippen LogP) is 2.27. The molecule has 1 aliphatic rings. The van der Waals surface area contributed by atoms with Crippen molar-refractivity contribution in [2.45, 2.75) is 63.3 Å². The molecule has 0 radical (unpaired) electrons. The Morgan fingerprint density at radius 3 is 2.28 bits per heavy atom. The molecule has 7 heteroatoms. The molecule has 1 fully saturated rings. The molecule has 5 atom stereocenters. The van der Waals surface area contributed by atoms with E-state index >= 15 is 0 Å². The quantitative estimate of drug-likeness (QED) is 0.294. The largest absolute Gasteiger partial charge is 0.494 e. The lowest BCUT2D eigenvalue weighted by atomic mass is 10.00. The Labute approximate surface area is 162 Å². The number of benzene rings is 1. The number of rotatable bonds is 9. The topological polar surface area (TPSA) is 88.4 Å². The van der Waals surface area contributed by atoms with Gasteiger partial charge in [-0.25, -0.2) is 0 Å². The summed E-state index contributed by atoms with van der Waals surface area (Å²) >= 11 is 2.06. The lowest BCUT2D eigenvalue weighted by Gasteiger charge is -2.39. The van der Waals surface area contributed by atoms with E-state index in [1.54, 1.807) is 24.3 Å². The van der Waals surface area contributed by atoms with Crippen molar-refractivity contribution in [1.82, 2.24) is 0 Å². The van der Waals surface area contributed by atoms with Gasteiger partial charge in [0.1, 0.15) is 29.8 Å². The van der Waals surface area contributed by atoms with Gasteiger partial charge in [-0.15, -0.1) is 0 Å². The monoisotopic (exact) mass is 466 g/mol. The number of ether oxygens (including phenoxy) is 3. The minimum atomic E-state index is -1.32. The van der Waals surface area contributed by atoms with E-state index in [4.69, 9.17) is 14.2 Å². The number of alkyl halides is 1. The van der Waals surface area contributed by atoms with Crippen molar-refractivity contribution in [3.05, 3.63) is 24.3 Å². The Kier molecular flexibility index (Phi) is 8.71. The molecule has 2 rings (SSSR count). The van der Waals surface area contributed by atoms with Crippen molar-refractivity contribution in [3.8, 4) is 11.5 Å². The maximum absolute atomic E-state index is 10.0. The third-order valence-electron chi connectivity index (χ3n) is 4.16. The van der Waals surface area contributed by atoms with Crippen LogP contribution in [-0.4, -0.2) is 57.1 Å². The highest BCUT2D eigenvalue weighted by Crippen LogP contribution is 2.26. The van der Waals surface area contributed by atoms with Crippen LogP contribution in [-0.2, 0) is 4.74 Å². The van der Waals surface area contributed by atoms with Gasteiger partial charge >= 0.3 is 0 Å². The molecule has 1 aromatic rings. The maximum atomic E-state index is 10.0. The second-order valence-corrected chi connectivity index (χ2v) is 7.05. The molecule has 3 N–H and O–H groups in total. The Hall–Kier alpha value is -0.610. The summed E-state index contributed by atoms with van der Waals surface area (Å²) in [5, 5.41) is 29.8. The Balaban J connectivity index is 1.85. The molecule has 25 heavy (non-hydrogen) atoms. The van der Waals surface area contributed by atoms with Gasteiger partial charge in [0.15, 0.2) is 0 Å². The van der Waals surface area contributed by atoms with E-state index < -0.39 is 30.7 Å². The van der Waals surface area contributed by atoms with Crippen LogP contribution < -0.4 is 9.47 Å². The van der Waals surface area contributed by atoms with Crippen LogP contribution >= 0.6 is 22.6 Å². The first-order valence-corrected chi connectivity index (χ1v) is 10.2. The third kappa shape index (κ3) is 5.96. The number of halogens is 1. The Morgan fingerprint density at radius 1 is 0.960 bits per heavy atom. The third-order valence-corrected chi connectivity index (χ3v) is 5.03. The van der Waals surface area contributed by atoms with Gasteiger partial charge in [-0.3, -0.25) is 0 Å². The van der Waals surface area contributed by atoms with Gasteiger partial charge < -0.3 is 29.5 Å². The van der Waals surface area contributed by atoms with Crippen LogP contribution in [0.4, 0.5) is 0 Å². The zero-order valence-corrected chi connectivity index (χ0v) is 16.5. The molecule has 1 aromatic carbocycles. The molecule has 1 saturated heterocycles. The van der Waals surface area contributed by atoms with Crippen molar-refractivity contribution < 1.29 is 29.5 Å². The smallest absolute Gasteiger partial charge is 0.229 e. The van der Waals surface area contributed by atoms with Crippen molar-refractivity contribution in [2.75, 3.05) is 11.0 Å². The minimum Gasteiger partial charge on any atom is -0.494 e. The number of aliphatic hydroxyl groups excluding tert-OH is 3. The van der Waals surface area contributed by atoms with E-state index in [9.17, 15) is 15.3 Å². The number of aliphatic hydroxyl groups is 3. The zero-order chi connectivity index (χ0) is 18.2. The fourth-order valence-corrected chi connectivity index (χ4v) is 3.34. The summed E-state index contributed by atoms with van der Waals surface area (Å²) in [5.41, 5.74) is 0. The van der Waals surface area contributed by atoms with Gasteiger partial charge in [0, 0.05) is 4.43 Å². The van der Waals surface area contributed by atoms with Crippen LogP contribution in [0.5, 0.6) is 11.5 Å². The van der Waals surface area contributed by atoms with E-state index in [1.807, 2.05) is 0 Å². The summed E-state index contributed by atoms with van der Waals surface area (Å²) in [6.45, 7) is 2.86. The van der Waals surface area contributed by atoms with Crippen LogP contribution in [0.2, 0.25) is 0 Å². The zero-order valence-electron chi connectivity index (χ0n) is 14.4. The van der Waals surface area contributed by atoms with E-state index in [1.165, 1.54) is 19.3 Å². The van der Waals surface area contributed by atoms with Crippen molar-refractivity contribution in [2.24, 2.45) is 0 Å². The number of hydrogen-bond acceptors (Lipinski definition) is 6. The molecular weight excluding hydrogens is 439 g/mol. The van der Waals surface area contributed by atoms with Crippen LogP contribution in [0.1, 0.15) is 32.6 Å². The van der Waals surface area contributed by atoms with E-state index in [-0.39, 0.29) is 0 Å². The predicted molar refractivity (Wildman–Crippen MR) is 102 cm³/mol. The highest BCUT2D eigenvalue weighted by molar-refractivity contribution is 14.1. The number of unbranched alkanes of at least 4 members (excludes halogenated alkanes) is 3. The molecule has 0 amide bonds. The van der Waals surface area contributed by atoms with Crippen molar-refractivity contribution in [3.63, 3.8) is 0 Å². The van der Waals surface area contributed by atoms with Crippen LogP contribution in [0.25, 0.3) is 0 Å². The van der Waals surface area contributed by atoms with Gasteiger partial charge in [-0.05, 0) is 30.7 Å². The fourth-order valence-electron chi connectivity index (χ4n) is 2.61. The minimum absolute atomic E-state index is 0.480. The summed E-state index contributed by atoms with van der Waals surface area (Å²) in [6.07, 6.45) is -0.742. The normalized spacial score (nSPS) is 29.4. The van der Waals surface area contributed by atoms with E-state index in [0.29, 0.717) is 16.8 Å². The van der Waals surface area contributed by atoms with Gasteiger partial charge in [0.25, 0.3) is 0 Å². The summed E-state index contributed by atoms with van der Waals surface area (Å²) in [4.78, 5) is 0. The van der Waals surface area contributed by atoms with Crippen LogP contribution in [0.3, 0.4) is 0 Å². The summed E-state index contributed by atoms with van der Waals surface area (Å²) in [6, 6.07) is 7.05. The Bertz CT molecular complexity index is 495. The summed E-state index contributed by atoms with van der Waals surface area (Å²) < 4.78 is 17.3. The second-order valence-electron chi connectivity index (χ2n) is 6.17. The van der Waals surface area contributed by atoms with Gasteiger partial charge in [-0.1, -0.05) is 48.8 Å². The highest BCUT2D eigenvalue weighted by Gasteiger charge is 2.44. The molecule has 6 nitrogen and oxygen atoms in total. The summed E-state index contributed by atoms with van der Waals surface area (Å²) in [7, 11) is 0.